The molecule has 0 bridgehead atoms. The van der Waals surface area contributed by atoms with Gasteiger partial charge in [-0.05, 0) is 32.1 Å². The highest BCUT2D eigenvalue weighted by Gasteiger charge is 2.24. The Balaban J connectivity index is 2.40. The lowest BCUT2D eigenvalue weighted by Crippen LogP contribution is -2.22. The van der Waals surface area contributed by atoms with Crippen molar-refractivity contribution >= 4 is 5.78 Å². The molecule has 2 atom stereocenters. The Morgan fingerprint density at radius 3 is 2.75 bits per heavy atom. The van der Waals surface area contributed by atoms with E-state index >= 15 is 0 Å². The van der Waals surface area contributed by atoms with E-state index in [-0.39, 0.29) is 0 Å². The molecule has 0 aromatic carbocycles. The van der Waals surface area contributed by atoms with Crippen molar-refractivity contribution in [3.05, 3.63) is 12.2 Å². The molecule has 1 aliphatic rings. The van der Waals surface area contributed by atoms with Crippen LogP contribution in [0.15, 0.2) is 12.2 Å². The Bertz CT molecular complexity index is 193. The second-order valence-corrected chi connectivity index (χ2v) is 4.18. The second kappa shape index (κ2) is 3.88. The van der Waals surface area contributed by atoms with Gasteiger partial charge in [0.1, 0.15) is 5.78 Å². The van der Waals surface area contributed by atoms with Crippen LogP contribution in [0.5, 0.6) is 0 Å². The Labute approximate surface area is 74.9 Å². The number of allylic oxidation sites excluding steroid dienone is 1. The Hall–Kier alpha value is -0.590. The molecule has 0 saturated heterocycles. The number of rotatable bonds is 2. The highest BCUT2D eigenvalue weighted by Crippen LogP contribution is 2.29. The van der Waals surface area contributed by atoms with E-state index in [1.54, 1.807) is 0 Å². The van der Waals surface area contributed by atoms with Crippen molar-refractivity contribution < 1.29 is 4.79 Å². The first-order chi connectivity index (χ1) is 5.59. The molecule has 0 amide bonds. The van der Waals surface area contributed by atoms with Crippen LogP contribution in [-0.4, -0.2) is 5.78 Å². The number of hydrogen-bond donors (Lipinski definition) is 0. The number of carbonyl (C=O) groups is 1. The molecule has 0 aromatic heterocycles. The van der Waals surface area contributed by atoms with Crippen molar-refractivity contribution in [1.29, 1.82) is 0 Å². The van der Waals surface area contributed by atoms with Crippen LogP contribution in [0.25, 0.3) is 0 Å². The lowest BCUT2D eigenvalue weighted by atomic mass is 9.79. The summed E-state index contributed by atoms with van der Waals surface area (Å²) in [5.74, 6) is 1.35. The number of carbonyl (C=O) groups excluding carboxylic acids is 1. The first kappa shape index (κ1) is 9.50. The summed E-state index contributed by atoms with van der Waals surface area (Å²) in [6.45, 7) is 7.97. The predicted molar refractivity (Wildman–Crippen MR) is 50.9 cm³/mol. The number of hydrogen-bond acceptors (Lipinski definition) is 1. The zero-order chi connectivity index (χ0) is 9.14. The number of ketones is 1. The maximum Gasteiger partial charge on any atom is 0.135 e. The summed E-state index contributed by atoms with van der Waals surface area (Å²) in [6, 6.07) is 0. The molecule has 68 valence electrons. The highest BCUT2D eigenvalue weighted by atomic mass is 16.1. The molecule has 1 saturated carbocycles. The van der Waals surface area contributed by atoms with E-state index in [0.717, 1.165) is 19.3 Å². The van der Waals surface area contributed by atoms with E-state index in [9.17, 15) is 4.79 Å². The van der Waals surface area contributed by atoms with Gasteiger partial charge in [0.2, 0.25) is 0 Å². The van der Waals surface area contributed by atoms with Gasteiger partial charge in [0.15, 0.2) is 0 Å². The first-order valence-electron chi connectivity index (χ1n) is 4.76. The van der Waals surface area contributed by atoms with Crippen molar-refractivity contribution in [2.24, 2.45) is 11.8 Å². The third kappa shape index (κ3) is 2.47. The molecule has 0 aliphatic heterocycles. The van der Waals surface area contributed by atoms with Gasteiger partial charge in [-0.3, -0.25) is 4.79 Å². The second-order valence-electron chi connectivity index (χ2n) is 4.18. The van der Waals surface area contributed by atoms with Gasteiger partial charge in [-0.15, -0.1) is 6.58 Å². The van der Waals surface area contributed by atoms with E-state index in [0.29, 0.717) is 17.6 Å². The van der Waals surface area contributed by atoms with Gasteiger partial charge in [-0.25, -0.2) is 0 Å². The van der Waals surface area contributed by atoms with Gasteiger partial charge in [-0.1, -0.05) is 12.5 Å². The molecule has 0 unspecified atom stereocenters. The van der Waals surface area contributed by atoms with Crippen molar-refractivity contribution in [2.75, 3.05) is 0 Å². The standard InChI is InChI=1S/C11H18O/c1-8(2)6-10-5-4-9(3)11(12)7-10/h9-10H,1,4-7H2,2-3H3/t9-,10+/m1/s1. The lowest BCUT2D eigenvalue weighted by Gasteiger charge is -2.24. The average molecular weight is 166 g/mol. The van der Waals surface area contributed by atoms with Gasteiger partial charge in [0.05, 0.1) is 0 Å². The summed E-state index contributed by atoms with van der Waals surface area (Å²) in [6.07, 6.45) is 4.11. The van der Waals surface area contributed by atoms with Crippen LogP contribution in [0.1, 0.15) is 39.5 Å². The molecule has 1 fully saturated rings. The maximum atomic E-state index is 11.4. The van der Waals surface area contributed by atoms with Gasteiger partial charge in [0, 0.05) is 12.3 Å². The van der Waals surface area contributed by atoms with Crippen molar-refractivity contribution in [1.82, 2.24) is 0 Å². The quantitative estimate of drug-likeness (QED) is 0.576. The Kier molecular flexibility index (Phi) is 3.07. The van der Waals surface area contributed by atoms with Gasteiger partial charge in [0.25, 0.3) is 0 Å². The average Bonchev–Trinajstić information content (AvgIpc) is 1.96. The van der Waals surface area contributed by atoms with Crippen LogP contribution in [-0.2, 0) is 4.79 Å². The fraction of sp³-hybridized carbons (Fsp3) is 0.727. The molecular formula is C11H18O. The first-order valence-corrected chi connectivity index (χ1v) is 4.76. The Morgan fingerprint density at radius 2 is 2.25 bits per heavy atom. The van der Waals surface area contributed by atoms with Gasteiger partial charge < -0.3 is 0 Å². The summed E-state index contributed by atoms with van der Waals surface area (Å²) in [7, 11) is 0. The van der Waals surface area contributed by atoms with Crippen molar-refractivity contribution in [3.8, 4) is 0 Å². The third-order valence-electron chi connectivity index (χ3n) is 2.68. The summed E-state index contributed by atoms with van der Waals surface area (Å²) in [5.41, 5.74) is 1.21. The summed E-state index contributed by atoms with van der Waals surface area (Å²) < 4.78 is 0. The van der Waals surface area contributed by atoms with Crippen molar-refractivity contribution in [2.45, 2.75) is 39.5 Å². The number of Topliss-reactive ketones (excluding diaryl/α,β-unsaturated/α-hetero) is 1. The minimum absolute atomic E-state index is 0.311. The van der Waals surface area contributed by atoms with Crippen LogP contribution in [0.2, 0.25) is 0 Å². The van der Waals surface area contributed by atoms with Crippen LogP contribution in [0.3, 0.4) is 0 Å². The van der Waals surface area contributed by atoms with Crippen LogP contribution >= 0.6 is 0 Å². The summed E-state index contributed by atoms with van der Waals surface area (Å²) in [5, 5.41) is 0. The molecule has 0 spiro atoms. The smallest absolute Gasteiger partial charge is 0.135 e. The minimum atomic E-state index is 0.311. The fourth-order valence-electron chi connectivity index (χ4n) is 1.90. The van der Waals surface area contributed by atoms with Crippen molar-refractivity contribution in [3.63, 3.8) is 0 Å². The van der Waals surface area contributed by atoms with Crippen LogP contribution in [0.4, 0.5) is 0 Å². The van der Waals surface area contributed by atoms with Crippen LogP contribution < -0.4 is 0 Å². The molecule has 0 heterocycles. The van der Waals surface area contributed by atoms with E-state index < -0.39 is 0 Å². The molecule has 0 aromatic rings. The van der Waals surface area contributed by atoms with E-state index in [1.165, 1.54) is 12.0 Å². The summed E-state index contributed by atoms with van der Waals surface area (Å²) in [4.78, 5) is 11.4. The SMILES string of the molecule is C=C(C)C[C@@H]1CC[C@@H](C)C(=O)C1. The predicted octanol–water partition coefficient (Wildman–Crippen LogP) is 2.96. The topological polar surface area (TPSA) is 17.1 Å². The molecule has 12 heavy (non-hydrogen) atoms. The Morgan fingerprint density at radius 1 is 1.58 bits per heavy atom. The molecule has 0 N–H and O–H groups in total. The van der Waals surface area contributed by atoms with E-state index in [1.807, 2.05) is 13.8 Å². The molecule has 1 rings (SSSR count). The molecule has 0 radical (unpaired) electrons. The highest BCUT2D eigenvalue weighted by molar-refractivity contribution is 5.81. The van der Waals surface area contributed by atoms with Gasteiger partial charge >= 0.3 is 0 Å². The molecule has 1 aliphatic carbocycles. The summed E-state index contributed by atoms with van der Waals surface area (Å²) >= 11 is 0. The van der Waals surface area contributed by atoms with E-state index in [4.69, 9.17) is 0 Å². The zero-order valence-electron chi connectivity index (χ0n) is 8.10. The normalized spacial score (nSPS) is 30.3. The molecule has 1 heteroatoms. The van der Waals surface area contributed by atoms with E-state index in [2.05, 4.69) is 6.58 Å². The molecular weight excluding hydrogens is 148 g/mol. The third-order valence-corrected chi connectivity index (χ3v) is 2.68. The zero-order valence-corrected chi connectivity index (χ0v) is 8.10. The largest absolute Gasteiger partial charge is 0.299 e. The lowest BCUT2D eigenvalue weighted by molar-refractivity contribution is -0.125. The monoisotopic (exact) mass is 166 g/mol. The maximum absolute atomic E-state index is 11.4. The van der Waals surface area contributed by atoms with Crippen LogP contribution in [0, 0.1) is 11.8 Å². The minimum Gasteiger partial charge on any atom is -0.299 e. The molecule has 1 nitrogen and oxygen atoms in total. The fourth-order valence-corrected chi connectivity index (χ4v) is 1.90. The van der Waals surface area contributed by atoms with Gasteiger partial charge in [-0.2, -0.15) is 0 Å².